The van der Waals surface area contributed by atoms with Crippen LogP contribution in [0, 0.1) is 0 Å². The maximum absolute atomic E-state index is 11.3. The number of carbonyl (C=O) groups excluding carboxylic acids is 1. The van der Waals surface area contributed by atoms with E-state index in [0.29, 0.717) is 17.2 Å². The quantitative estimate of drug-likeness (QED) is 0.834. The second-order valence-corrected chi connectivity index (χ2v) is 4.02. The smallest absolute Gasteiger partial charge is 0.252 e. The topological polar surface area (TPSA) is 51.2 Å². The van der Waals surface area contributed by atoms with E-state index in [4.69, 9.17) is 4.74 Å². The molecule has 1 N–H and O–H groups in total. The summed E-state index contributed by atoms with van der Waals surface area (Å²) in [5, 5.41) is 2.53. The van der Waals surface area contributed by atoms with Gasteiger partial charge in [-0.2, -0.15) is 0 Å². The molecule has 1 aromatic carbocycles. The highest BCUT2D eigenvalue weighted by molar-refractivity contribution is 7.80. The number of para-hydroxylation sites is 1. The van der Waals surface area contributed by atoms with E-state index >= 15 is 0 Å². The van der Waals surface area contributed by atoms with Crippen LogP contribution < -0.4 is 10.1 Å². The van der Waals surface area contributed by atoms with Gasteiger partial charge in [-0.1, -0.05) is 12.1 Å². The third-order valence-electron chi connectivity index (χ3n) is 2.31. The number of rotatable bonds is 3. The number of ether oxygens (including phenoxy) is 1. The van der Waals surface area contributed by atoms with Crippen molar-refractivity contribution in [3.05, 3.63) is 48.2 Å². The van der Waals surface area contributed by atoms with Gasteiger partial charge in [-0.25, -0.2) is 4.98 Å². The van der Waals surface area contributed by atoms with Gasteiger partial charge in [-0.15, -0.1) is 12.6 Å². The molecule has 0 spiro atoms. The van der Waals surface area contributed by atoms with Crippen molar-refractivity contribution in [3.8, 4) is 11.6 Å². The maximum Gasteiger partial charge on any atom is 0.252 e. The van der Waals surface area contributed by atoms with Crippen LogP contribution in [0.4, 0.5) is 0 Å². The van der Waals surface area contributed by atoms with E-state index in [-0.39, 0.29) is 5.91 Å². The molecule has 5 heteroatoms. The highest BCUT2D eigenvalue weighted by Crippen LogP contribution is 2.26. The van der Waals surface area contributed by atoms with Crippen LogP contribution in [0.3, 0.4) is 0 Å². The van der Waals surface area contributed by atoms with Crippen LogP contribution in [-0.2, 0) is 0 Å². The van der Waals surface area contributed by atoms with E-state index < -0.39 is 0 Å². The number of hydrogen-bond donors (Lipinski definition) is 2. The van der Waals surface area contributed by atoms with E-state index in [9.17, 15) is 4.79 Å². The molecule has 0 aliphatic rings. The zero-order chi connectivity index (χ0) is 13.0. The van der Waals surface area contributed by atoms with E-state index in [2.05, 4.69) is 22.9 Å². The van der Waals surface area contributed by atoms with Crippen LogP contribution in [0.2, 0.25) is 0 Å². The molecule has 0 bridgehead atoms. The van der Waals surface area contributed by atoms with Crippen LogP contribution in [0.1, 0.15) is 10.4 Å². The third kappa shape index (κ3) is 2.81. The van der Waals surface area contributed by atoms with E-state index in [1.165, 1.54) is 6.20 Å². The number of aromatic nitrogens is 1. The summed E-state index contributed by atoms with van der Waals surface area (Å²) in [6, 6.07) is 10.7. The van der Waals surface area contributed by atoms with Crippen LogP contribution in [0.15, 0.2) is 47.5 Å². The molecule has 92 valence electrons. The van der Waals surface area contributed by atoms with Crippen molar-refractivity contribution in [3.63, 3.8) is 0 Å². The lowest BCUT2D eigenvalue weighted by Crippen LogP contribution is -2.17. The zero-order valence-corrected chi connectivity index (χ0v) is 10.6. The molecular formula is C13H12N2O2S. The fourth-order valence-electron chi connectivity index (χ4n) is 1.38. The Labute approximate surface area is 110 Å². The number of benzene rings is 1. The molecule has 18 heavy (non-hydrogen) atoms. The normalized spacial score (nSPS) is 9.89. The molecule has 0 saturated carbocycles. The monoisotopic (exact) mass is 260 g/mol. The highest BCUT2D eigenvalue weighted by atomic mass is 32.1. The molecule has 0 aliphatic carbocycles. The average molecular weight is 260 g/mol. The molecule has 0 unspecified atom stereocenters. The molecule has 0 radical (unpaired) electrons. The van der Waals surface area contributed by atoms with Crippen molar-refractivity contribution >= 4 is 18.5 Å². The molecule has 0 aliphatic heterocycles. The Hall–Kier alpha value is -2.01. The summed E-state index contributed by atoms with van der Waals surface area (Å²) in [6.45, 7) is 0. The third-order valence-corrected chi connectivity index (χ3v) is 2.67. The molecule has 4 nitrogen and oxygen atoms in total. The van der Waals surface area contributed by atoms with E-state index in [0.717, 1.165) is 4.90 Å². The molecule has 2 aromatic rings. The van der Waals surface area contributed by atoms with E-state index in [1.807, 2.05) is 18.2 Å². The lowest BCUT2D eigenvalue weighted by Gasteiger charge is -2.07. The van der Waals surface area contributed by atoms with Gasteiger partial charge in [0.05, 0.1) is 5.56 Å². The number of nitrogens with zero attached hydrogens (tertiary/aromatic N) is 1. The number of carbonyl (C=O) groups is 1. The number of hydrogen-bond acceptors (Lipinski definition) is 4. The summed E-state index contributed by atoms with van der Waals surface area (Å²) in [5.74, 6) is 0.869. The van der Waals surface area contributed by atoms with Gasteiger partial charge >= 0.3 is 0 Å². The predicted molar refractivity (Wildman–Crippen MR) is 71.4 cm³/mol. The van der Waals surface area contributed by atoms with Crippen LogP contribution in [0.5, 0.6) is 11.6 Å². The Morgan fingerprint density at radius 1 is 1.28 bits per heavy atom. The molecule has 1 amide bonds. The molecule has 2 rings (SSSR count). The predicted octanol–water partition coefficient (Wildman–Crippen LogP) is 2.52. The number of amides is 1. The molecule has 1 heterocycles. The Kier molecular flexibility index (Phi) is 3.84. The Balaban J connectivity index is 2.16. The van der Waals surface area contributed by atoms with Gasteiger partial charge < -0.3 is 10.1 Å². The van der Waals surface area contributed by atoms with Crippen molar-refractivity contribution in [1.29, 1.82) is 0 Å². The second kappa shape index (κ2) is 5.55. The first-order chi connectivity index (χ1) is 8.70. The summed E-state index contributed by atoms with van der Waals surface area (Å²) in [4.78, 5) is 16.1. The molecule has 1 aromatic heterocycles. The van der Waals surface area contributed by atoms with E-state index in [1.54, 1.807) is 25.2 Å². The standard InChI is InChI=1S/C13H12N2O2S/c1-14-13(16)9-6-7-12(15-8-9)17-10-4-2-3-5-11(10)18/h2-8,18H,1H3,(H,14,16). The summed E-state index contributed by atoms with van der Waals surface area (Å²) in [7, 11) is 1.57. The SMILES string of the molecule is CNC(=O)c1ccc(Oc2ccccc2S)nc1. The Morgan fingerprint density at radius 2 is 2.06 bits per heavy atom. The largest absolute Gasteiger partial charge is 0.438 e. The van der Waals surface area contributed by atoms with Crippen molar-refractivity contribution in [1.82, 2.24) is 10.3 Å². The van der Waals surface area contributed by atoms with Gasteiger partial charge in [0.25, 0.3) is 5.91 Å². The van der Waals surface area contributed by atoms with Crippen molar-refractivity contribution in [2.75, 3.05) is 7.05 Å². The summed E-state index contributed by atoms with van der Waals surface area (Å²) in [5.41, 5.74) is 0.490. The van der Waals surface area contributed by atoms with Gasteiger partial charge in [0.2, 0.25) is 5.88 Å². The second-order valence-electron chi connectivity index (χ2n) is 3.53. The van der Waals surface area contributed by atoms with Crippen molar-refractivity contribution < 1.29 is 9.53 Å². The van der Waals surface area contributed by atoms with Crippen molar-refractivity contribution in [2.24, 2.45) is 0 Å². The Bertz CT molecular complexity index is 555. The minimum atomic E-state index is -0.177. The molecular weight excluding hydrogens is 248 g/mol. The van der Waals surface area contributed by atoms with Crippen LogP contribution in [0.25, 0.3) is 0 Å². The van der Waals surface area contributed by atoms with Crippen LogP contribution in [-0.4, -0.2) is 17.9 Å². The first-order valence-corrected chi connectivity index (χ1v) is 5.79. The number of thiol groups is 1. The van der Waals surface area contributed by atoms with Gasteiger partial charge in [-0.05, 0) is 18.2 Å². The molecule has 0 fully saturated rings. The van der Waals surface area contributed by atoms with Gasteiger partial charge in [0.15, 0.2) is 0 Å². The first-order valence-electron chi connectivity index (χ1n) is 5.34. The average Bonchev–Trinajstić information content (AvgIpc) is 2.41. The number of nitrogens with one attached hydrogen (secondary N) is 1. The van der Waals surface area contributed by atoms with Gasteiger partial charge in [-0.3, -0.25) is 4.79 Å². The van der Waals surface area contributed by atoms with Gasteiger partial charge in [0.1, 0.15) is 5.75 Å². The minimum Gasteiger partial charge on any atom is -0.438 e. The van der Waals surface area contributed by atoms with Gasteiger partial charge in [0, 0.05) is 24.2 Å². The highest BCUT2D eigenvalue weighted by Gasteiger charge is 2.05. The number of pyridine rings is 1. The van der Waals surface area contributed by atoms with Crippen LogP contribution >= 0.6 is 12.6 Å². The summed E-state index contributed by atoms with van der Waals surface area (Å²) >= 11 is 4.28. The lowest BCUT2D eigenvalue weighted by molar-refractivity contribution is 0.0962. The minimum absolute atomic E-state index is 0.177. The lowest BCUT2D eigenvalue weighted by atomic mass is 10.3. The van der Waals surface area contributed by atoms with Crippen molar-refractivity contribution in [2.45, 2.75) is 4.90 Å². The zero-order valence-electron chi connectivity index (χ0n) is 9.75. The fourth-order valence-corrected chi connectivity index (χ4v) is 1.58. The summed E-state index contributed by atoms with van der Waals surface area (Å²) in [6.07, 6.45) is 1.47. The maximum atomic E-state index is 11.3. The fraction of sp³-hybridized carbons (Fsp3) is 0.0769. The Morgan fingerprint density at radius 3 is 2.67 bits per heavy atom. The molecule has 0 atom stereocenters. The summed E-state index contributed by atoms with van der Waals surface area (Å²) < 4.78 is 5.56. The molecule has 0 saturated heterocycles. The first kappa shape index (κ1) is 12.4.